The fourth-order valence-corrected chi connectivity index (χ4v) is 2.37. The summed E-state index contributed by atoms with van der Waals surface area (Å²) in [6.45, 7) is 1.45. The Labute approximate surface area is 111 Å². The van der Waals surface area contributed by atoms with Gasteiger partial charge >= 0.3 is 0 Å². The highest BCUT2D eigenvalue weighted by molar-refractivity contribution is 5.92. The fraction of sp³-hybridized carbons (Fsp3) is 0.385. The molecule has 1 aliphatic heterocycles. The van der Waals surface area contributed by atoms with Crippen molar-refractivity contribution in [1.29, 1.82) is 0 Å². The van der Waals surface area contributed by atoms with E-state index >= 15 is 0 Å². The number of nitrogens with zero attached hydrogens (tertiary/aromatic N) is 5. The summed E-state index contributed by atoms with van der Waals surface area (Å²) < 4.78 is 0. The lowest BCUT2D eigenvalue weighted by Crippen LogP contribution is -2.39. The van der Waals surface area contributed by atoms with Crippen molar-refractivity contribution in [3.63, 3.8) is 0 Å². The van der Waals surface area contributed by atoms with Gasteiger partial charge in [0.05, 0.1) is 18.4 Å². The molecule has 0 N–H and O–H groups in total. The van der Waals surface area contributed by atoms with Gasteiger partial charge in [0, 0.05) is 19.3 Å². The van der Waals surface area contributed by atoms with E-state index in [-0.39, 0.29) is 5.91 Å². The molecule has 0 saturated carbocycles. The maximum absolute atomic E-state index is 12.2. The van der Waals surface area contributed by atoms with Crippen molar-refractivity contribution in [1.82, 2.24) is 24.9 Å². The summed E-state index contributed by atoms with van der Waals surface area (Å²) >= 11 is 0. The quantitative estimate of drug-likeness (QED) is 0.809. The Morgan fingerprint density at radius 3 is 2.47 bits per heavy atom. The molecule has 0 radical (unpaired) electrons. The van der Waals surface area contributed by atoms with E-state index in [1.165, 1.54) is 0 Å². The summed E-state index contributed by atoms with van der Waals surface area (Å²) in [5.74, 6) is 0.00692. The maximum atomic E-state index is 12.2. The summed E-state index contributed by atoms with van der Waals surface area (Å²) in [5.41, 5.74) is 0.512. The molecule has 6 nitrogen and oxygen atoms in total. The van der Waals surface area contributed by atoms with E-state index in [9.17, 15) is 4.79 Å². The minimum absolute atomic E-state index is 0.00692. The minimum atomic E-state index is 0.00692. The van der Waals surface area contributed by atoms with E-state index < -0.39 is 0 Å². The Balaban J connectivity index is 1.63. The Morgan fingerprint density at radius 2 is 1.84 bits per heavy atom. The highest BCUT2D eigenvalue weighted by atomic mass is 16.2. The van der Waals surface area contributed by atoms with Gasteiger partial charge in [0.1, 0.15) is 5.69 Å². The van der Waals surface area contributed by atoms with Crippen LogP contribution in [0.2, 0.25) is 0 Å². The van der Waals surface area contributed by atoms with Crippen molar-refractivity contribution >= 4 is 5.91 Å². The van der Waals surface area contributed by atoms with Crippen LogP contribution >= 0.6 is 0 Å². The van der Waals surface area contributed by atoms with Gasteiger partial charge in [0.2, 0.25) is 0 Å². The molecule has 0 bridgehead atoms. The van der Waals surface area contributed by atoms with E-state index in [2.05, 4.69) is 15.2 Å². The second kappa shape index (κ2) is 5.17. The van der Waals surface area contributed by atoms with Gasteiger partial charge in [-0.2, -0.15) is 15.0 Å². The van der Waals surface area contributed by atoms with Gasteiger partial charge in [0.15, 0.2) is 0 Å². The molecule has 2 aromatic rings. The van der Waals surface area contributed by atoms with Crippen LogP contribution in [0.3, 0.4) is 0 Å². The first kappa shape index (κ1) is 11.8. The number of pyridine rings is 1. The summed E-state index contributed by atoms with van der Waals surface area (Å²) in [5, 5.41) is 8.32. The van der Waals surface area contributed by atoms with Gasteiger partial charge in [-0.15, -0.1) is 0 Å². The number of amides is 1. The molecule has 0 aromatic carbocycles. The number of hydrogen-bond donors (Lipinski definition) is 0. The SMILES string of the molecule is O=C(c1ccccn1)N1CCC(n2nccn2)CC1. The number of carbonyl (C=O) groups is 1. The van der Waals surface area contributed by atoms with Crippen LogP contribution in [0.5, 0.6) is 0 Å². The zero-order valence-electron chi connectivity index (χ0n) is 10.5. The predicted molar refractivity (Wildman–Crippen MR) is 68.4 cm³/mol. The van der Waals surface area contributed by atoms with E-state index in [0.29, 0.717) is 11.7 Å². The molecule has 1 saturated heterocycles. The Hall–Kier alpha value is -2.24. The Morgan fingerprint density at radius 1 is 1.11 bits per heavy atom. The van der Waals surface area contributed by atoms with Crippen LogP contribution < -0.4 is 0 Å². The average Bonchev–Trinajstić information content (AvgIpc) is 3.02. The van der Waals surface area contributed by atoms with Crippen molar-refractivity contribution in [3.05, 3.63) is 42.5 Å². The van der Waals surface area contributed by atoms with E-state index in [4.69, 9.17) is 0 Å². The number of carbonyl (C=O) groups excluding carboxylic acids is 1. The zero-order valence-corrected chi connectivity index (χ0v) is 10.5. The molecule has 1 fully saturated rings. The standard InChI is InChI=1S/C13H15N5O/c19-13(12-3-1-2-6-14-12)17-9-4-11(5-10-17)18-15-7-8-16-18/h1-3,6-8,11H,4-5,9-10H2. The number of piperidine rings is 1. The topological polar surface area (TPSA) is 63.9 Å². The van der Waals surface area contributed by atoms with Crippen molar-refractivity contribution in [2.45, 2.75) is 18.9 Å². The zero-order chi connectivity index (χ0) is 13.1. The normalized spacial score (nSPS) is 16.5. The molecule has 1 amide bonds. The summed E-state index contributed by atoms with van der Waals surface area (Å²) in [6, 6.07) is 5.69. The monoisotopic (exact) mass is 257 g/mol. The molecule has 98 valence electrons. The van der Waals surface area contributed by atoms with Crippen LogP contribution in [0.4, 0.5) is 0 Å². The van der Waals surface area contributed by atoms with Crippen molar-refractivity contribution in [2.24, 2.45) is 0 Å². The van der Waals surface area contributed by atoms with E-state index in [1.54, 1.807) is 29.5 Å². The number of aromatic nitrogens is 4. The largest absolute Gasteiger partial charge is 0.337 e. The summed E-state index contributed by atoms with van der Waals surface area (Å²) in [4.78, 5) is 19.9. The highest BCUT2D eigenvalue weighted by Gasteiger charge is 2.25. The fourth-order valence-electron chi connectivity index (χ4n) is 2.37. The maximum Gasteiger partial charge on any atom is 0.272 e. The smallest absolute Gasteiger partial charge is 0.272 e. The van der Waals surface area contributed by atoms with Gasteiger partial charge < -0.3 is 4.90 Å². The molecule has 6 heteroatoms. The van der Waals surface area contributed by atoms with Gasteiger partial charge in [-0.05, 0) is 25.0 Å². The molecular weight excluding hydrogens is 242 g/mol. The summed E-state index contributed by atoms with van der Waals surface area (Å²) in [6.07, 6.45) is 6.78. The first-order chi connectivity index (χ1) is 9.34. The van der Waals surface area contributed by atoms with Gasteiger partial charge in [-0.3, -0.25) is 9.78 Å². The third-order valence-electron chi connectivity index (χ3n) is 3.40. The van der Waals surface area contributed by atoms with Crippen molar-refractivity contribution in [2.75, 3.05) is 13.1 Å². The lowest BCUT2D eigenvalue weighted by atomic mass is 10.1. The number of hydrogen-bond acceptors (Lipinski definition) is 4. The van der Waals surface area contributed by atoms with Crippen LogP contribution in [0, 0.1) is 0 Å². The molecule has 2 aromatic heterocycles. The van der Waals surface area contributed by atoms with Crippen molar-refractivity contribution in [3.8, 4) is 0 Å². The van der Waals surface area contributed by atoms with Crippen LogP contribution in [0.1, 0.15) is 29.4 Å². The predicted octanol–water partition coefficient (Wildman–Crippen LogP) is 1.15. The van der Waals surface area contributed by atoms with E-state index in [0.717, 1.165) is 25.9 Å². The van der Waals surface area contributed by atoms with Crippen LogP contribution in [0.25, 0.3) is 0 Å². The lowest BCUT2D eigenvalue weighted by Gasteiger charge is -2.31. The minimum Gasteiger partial charge on any atom is -0.337 e. The van der Waals surface area contributed by atoms with Crippen LogP contribution in [0.15, 0.2) is 36.8 Å². The molecule has 1 aliphatic rings. The summed E-state index contributed by atoms with van der Waals surface area (Å²) in [7, 11) is 0. The van der Waals surface area contributed by atoms with E-state index in [1.807, 2.05) is 17.0 Å². The van der Waals surface area contributed by atoms with Gasteiger partial charge in [-0.25, -0.2) is 0 Å². The molecule has 0 atom stereocenters. The van der Waals surface area contributed by atoms with Gasteiger partial charge in [-0.1, -0.05) is 6.07 Å². The Kier molecular flexibility index (Phi) is 3.22. The second-order valence-electron chi connectivity index (χ2n) is 4.59. The molecule has 3 rings (SSSR count). The average molecular weight is 257 g/mol. The molecule has 3 heterocycles. The number of likely N-dealkylation sites (tertiary alicyclic amines) is 1. The number of rotatable bonds is 2. The molecule has 0 spiro atoms. The second-order valence-corrected chi connectivity index (χ2v) is 4.59. The third kappa shape index (κ3) is 2.47. The first-order valence-corrected chi connectivity index (χ1v) is 6.41. The van der Waals surface area contributed by atoms with Gasteiger partial charge in [0.25, 0.3) is 5.91 Å². The molecule has 0 unspecified atom stereocenters. The van der Waals surface area contributed by atoms with Crippen LogP contribution in [-0.4, -0.2) is 43.9 Å². The first-order valence-electron chi connectivity index (χ1n) is 6.41. The molecule has 19 heavy (non-hydrogen) atoms. The third-order valence-corrected chi connectivity index (χ3v) is 3.40. The molecule has 0 aliphatic carbocycles. The highest BCUT2D eigenvalue weighted by Crippen LogP contribution is 2.21. The van der Waals surface area contributed by atoms with Crippen LogP contribution in [-0.2, 0) is 0 Å². The van der Waals surface area contributed by atoms with Crippen molar-refractivity contribution < 1.29 is 4.79 Å². The molecular formula is C13H15N5O. The lowest BCUT2D eigenvalue weighted by molar-refractivity contribution is 0.0678. The Bertz CT molecular complexity index is 531.